The van der Waals surface area contributed by atoms with E-state index in [1.165, 1.54) is 12.1 Å². The van der Waals surface area contributed by atoms with Crippen molar-refractivity contribution in [1.29, 1.82) is 0 Å². The van der Waals surface area contributed by atoms with E-state index in [9.17, 15) is 13.9 Å². The first-order valence-corrected chi connectivity index (χ1v) is 6.17. The predicted molar refractivity (Wildman–Crippen MR) is 72.4 cm³/mol. The van der Waals surface area contributed by atoms with Crippen LogP contribution in [0, 0.1) is 11.6 Å². The second kappa shape index (κ2) is 4.63. The lowest BCUT2D eigenvalue weighted by molar-refractivity contribution is 0.363. The van der Waals surface area contributed by atoms with Crippen LogP contribution < -0.4 is 4.74 Å². The first kappa shape index (κ1) is 12.7. The fourth-order valence-electron chi connectivity index (χ4n) is 2.39. The average Bonchev–Trinajstić information content (AvgIpc) is 2.38. The average molecular weight is 274 g/mol. The zero-order chi connectivity index (χ0) is 14.3. The van der Waals surface area contributed by atoms with Gasteiger partial charge in [-0.1, -0.05) is 0 Å². The van der Waals surface area contributed by atoms with Crippen molar-refractivity contribution < 1.29 is 18.6 Å². The summed E-state index contributed by atoms with van der Waals surface area (Å²) in [5, 5.41) is 9.55. The molecule has 0 saturated carbocycles. The number of benzene rings is 2. The lowest BCUT2D eigenvalue weighted by Gasteiger charge is -2.22. The zero-order valence-electron chi connectivity index (χ0n) is 10.8. The fourth-order valence-corrected chi connectivity index (χ4v) is 2.39. The van der Waals surface area contributed by atoms with Crippen LogP contribution in [0.5, 0.6) is 11.5 Å². The molecule has 0 aliphatic carbocycles. The van der Waals surface area contributed by atoms with E-state index in [4.69, 9.17) is 4.74 Å². The van der Waals surface area contributed by atoms with Gasteiger partial charge in [-0.2, -0.15) is 0 Å². The van der Waals surface area contributed by atoms with Crippen molar-refractivity contribution in [2.75, 3.05) is 6.61 Å². The number of phenolic OH excluding ortho intramolecular Hbond substituents is 1. The molecule has 1 N–H and O–H groups in total. The van der Waals surface area contributed by atoms with Gasteiger partial charge in [0.1, 0.15) is 29.7 Å². The number of allylic oxidation sites excluding steroid dienone is 1. The maximum atomic E-state index is 13.3. The van der Waals surface area contributed by atoms with Crippen molar-refractivity contribution in [2.24, 2.45) is 0 Å². The summed E-state index contributed by atoms with van der Waals surface area (Å²) >= 11 is 0. The smallest absolute Gasteiger partial charge is 0.127 e. The molecule has 1 heterocycles. The van der Waals surface area contributed by atoms with Crippen molar-refractivity contribution in [1.82, 2.24) is 0 Å². The Bertz CT molecular complexity index is 700. The van der Waals surface area contributed by atoms with Crippen LogP contribution in [0.4, 0.5) is 8.78 Å². The molecule has 0 atom stereocenters. The Balaban J connectivity index is 2.16. The van der Waals surface area contributed by atoms with Gasteiger partial charge >= 0.3 is 0 Å². The molecule has 0 spiro atoms. The molecule has 0 saturated heterocycles. The van der Waals surface area contributed by atoms with Crippen LogP contribution in [0.2, 0.25) is 0 Å². The molecule has 2 nitrogen and oxygen atoms in total. The van der Waals surface area contributed by atoms with Crippen LogP contribution in [0.1, 0.15) is 18.1 Å². The Morgan fingerprint density at radius 3 is 2.45 bits per heavy atom. The van der Waals surface area contributed by atoms with Crippen LogP contribution in [-0.4, -0.2) is 11.7 Å². The van der Waals surface area contributed by atoms with Gasteiger partial charge in [0.05, 0.1) is 0 Å². The summed E-state index contributed by atoms with van der Waals surface area (Å²) < 4.78 is 32.2. The molecular formula is C16H12F2O2. The van der Waals surface area contributed by atoms with Crippen LogP contribution >= 0.6 is 0 Å². The molecule has 4 heteroatoms. The van der Waals surface area contributed by atoms with Gasteiger partial charge in [-0.3, -0.25) is 0 Å². The molecule has 3 rings (SSSR count). The number of phenols is 1. The van der Waals surface area contributed by atoms with Crippen molar-refractivity contribution >= 4 is 11.1 Å². The van der Waals surface area contributed by atoms with E-state index in [0.717, 1.165) is 17.2 Å². The molecule has 2 aromatic rings. The number of hydrogen-bond acceptors (Lipinski definition) is 2. The monoisotopic (exact) mass is 274 g/mol. The molecule has 0 unspecified atom stereocenters. The Labute approximate surface area is 114 Å². The van der Waals surface area contributed by atoms with Gasteiger partial charge in [-0.15, -0.1) is 0 Å². The first-order valence-electron chi connectivity index (χ1n) is 6.17. The van der Waals surface area contributed by atoms with Crippen molar-refractivity contribution in [3.05, 3.63) is 59.2 Å². The lowest BCUT2D eigenvalue weighted by Crippen LogP contribution is -2.10. The molecule has 0 radical (unpaired) electrons. The summed E-state index contributed by atoms with van der Waals surface area (Å²) in [5.41, 5.74) is 2.73. The Hall–Kier alpha value is -2.36. The van der Waals surface area contributed by atoms with E-state index >= 15 is 0 Å². The van der Waals surface area contributed by atoms with Gasteiger partial charge in [0.15, 0.2) is 0 Å². The van der Waals surface area contributed by atoms with Gasteiger partial charge in [0.2, 0.25) is 0 Å². The minimum absolute atomic E-state index is 0.123. The van der Waals surface area contributed by atoms with Crippen molar-refractivity contribution in [3.8, 4) is 11.5 Å². The highest BCUT2D eigenvalue weighted by atomic mass is 19.1. The molecule has 0 bridgehead atoms. The predicted octanol–water partition coefficient (Wildman–Crippen LogP) is 3.99. The van der Waals surface area contributed by atoms with E-state index < -0.39 is 11.6 Å². The largest absolute Gasteiger partial charge is 0.508 e. The molecule has 1 aliphatic heterocycles. The van der Waals surface area contributed by atoms with Gasteiger partial charge in [0, 0.05) is 17.2 Å². The summed E-state index contributed by atoms with van der Waals surface area (Å²) in [5.74, 6) is -0.469. The molecule has 1 aliphatic rings. The van der Waals surface area contributed by atoms with Gasteiger partial charge in [0.25, 0.3) is 0 Å². The molecule has 20 heavy (non-hydrogen) atoms. The van der Waals surface area contributed by atoms with Crippen molar-refractivity contribution in [2.45, 2.75) is 6.92 Å². The van der Waals surface area contributed by atoms with Crippen LogP contribution in [-0.2, 0) is 0 Å². The minimum atomic E-state index is -0.623. The van der Waals surface area contributed by atoms with Gasteiger partial charge < -0.3 is 9.84 Å². The number of ether oxygens (including phenoxy) is 1. The summed E-state index contributed by atoms with van der Waals surface area (Å²) in [7, 11) is 0. The standard InChI is InChI=1S/C16H12F2O2/c1-9-14-7-13(19)2-3-16(14)20-8-15(9)10-4-11(17)6-12(18)5-10/h2-7,19H,8H2,1H3. The van der Waals surface area contributed by atoms with Crippen LogP contribution in [0.25, 0.3) is 11.1 Å². The number of fused-ring (bicyclic) bond motifs is 1. The molecule has 0 aromatic heterocycles. The molecule has 0 fully saturated rings. The Morgan fingerprint density at radius 1 is 1.05 bits per heavy atom. The molecular weight excluding hydrogens is 262 g/mol. The number of aromatic hydroxyl groups is 1. The van der Waals surface area contributed by atoms with Crippen molar-refractivity contribution in [3.63, 3.8) is 0 Å². The first-order chi connectivity index (χ1) is 9.54. The quantitative estimate of drug-likeness (QED) is 0.852. The van der Waals surface area contributed by atoms with E-state index in [2.05, 4.69) is 0 Å². The number of hydrogen-bond donors (Lipinski definition) is 1. The highest BCUT2D eigenvalue weighted by Gasteiger charge is 2.19. The Kier molecular flexibility index (Phi) is 2.93. The third-order valence-electron chi connectivity index (χ3n) is 3.40. The summed E-state index contributed by atoms with van der Waals surface area (Å²) in [6.07, 6.45) is 0. The molecule has 0 amide bonds. The summed E-state index contributed by atoms with van der Waals surface area (Å²) in [6.45, 7) is 2.09. The van der Waals surface area contributed by atoms with E-state index in [1.54, 1.807) is 18.2 Å². The summed E-state index contributed by atoms with van der Waals surface area (Å²) in [4.78, 5) is 0. The number of halogens is 2. The van der Waals surface area contributed by atoms with Crippen LogP contribution in [0.15, 0.2) is 36.4 Å². The molecule has 102 valence electrons. The zero-order valence-corrected chi connectivity index (χ0v) is 10.8. The highest BCUT2D eigenvalue weighted by molar-refractivity contribution is 5.93. The van der Waals surface area contributed by atoms with Gasteiger partial charge in [-0.25, -0.2) is 8.78 Å². The maximum Gasteiger partial charge on any atom is 0.127 e. The second-order valence-corrected chi connectivity index (χ2v) is 4.73. The van der Waals surface area contributed by atoms with E-state index in [1.807, 2.05) is 6.92 Å². The maximum absolute atomic E-state index is 13.3. The highest BCUT2D eigenvalue weighted by Crippen LogP contribution is 2.38. The number of rotatable bonds is 1. The second-order valence-electron chi connectivity index (χ2n) is 4.73. The lowest BCUT2D eigenvalue weighted by atomic mass is 9.93. The van der Waals surface area contributed by atoms with E-state index in [-0.39, 0.29) is 12.4 Å². The van der Waals surface area contributed by atoms with E-state index in [0.29, 0.717) is 16.9 Å². The Morgan fingerprint density at radius 2 is 1.75 bits per heavy atom. The fraction of sp³-hybridized carbons (Fsp3) is 0.125. The topological polar surface area (TPSA) is 29.5 Å². The molecule has 2 aromatic carbocycles. The van der Waals surface area contributed by atoms with Gasteiger partial charge in [-0.05, 0) is 48.4 Å². The minimum Gasteiger partial charge on any atom is -0.508 e. The third-order valence-corrected chi connectivity index (χ3v) is 3.40. The summed E-state index contributed by atoms with van der Waals surface area (Å²) in [6, 6.07) is 8.19. The normalized spacial score (nSPS) is 13.9. The van der Waals surface area contributed by atoms with Crippen LogP contribution in [0.3, 0.4) is 0 Å². The third kappa shape index (κ3) is 2.13. The SMILES string of the molecule is CC1=C(c2cc(F)cc(F)c2)COc2ccc(O)cc21.